The lowest BCUT2D eigenvalue weighted by molar-refractivity contribution is -0.152. The van der Waals surface area contributed by atoms with E-state index in [-0.39, 0.29) is 24.9 Å². The number of ether oxygens (including phenoxy) is 3. The van der Waals surface area contributed by atoms with Gasteiger partial charge in [-0.3, -0.25) is 9.59 Å². The highest BCUT2D eigenvalue weighted by atomic mass is 32.1. The molecule has 0 fully saturated rings. The molecule has 4 rings (SSSR count). The Labute approximate surface area is 221 Å². The van der Waals surface area contributed by atoms with E-state index in [1.165, 1.54) is 11.3 Å². The first-order valence-corrected chi connectivity index (χ1v) is 13.6. The smallest absolute Gasteiger partial charge is 0.336 e. The highest BCUT2D eigenvalue weighted by Gasteiger charge is 2.49. The summed E-state index contributed by atoms with van der Waals surface area (Å²) in [5.41, 5.74) is 3.11. The Kier molecular flexibility index (Phi) is 8.48. The fourth-order valence-corrected chi connectivity index (χ4v) is 6.11. The molecule has 2 aromatic rings. The molecule has 0 spiro atoms. The van der Waals surface area contributed by atoms with E-state index in [1.54, 1.807) is 21.0 Å². The summed E-state index contributed by atoms with van der Waals surface area (Å²) in [5, 5.41) is 5.39. The zero-order valence-electron chi connectivity index (χ0n) is 21.7. The van der Waals surface area contributed by atoms with Gasteiger partial charge >= 0.3 is 11.9 Å². The summed E-state index contributed by atoms with van der Waals surface area (Å²) >= 11 is 1.52. The molecule has 37 heavy (non-hydrogen) atoms. The summed E-state index contributed by atoms with van der Waals surface area (Å²) in [6.07, 6.45) is 1.88. The third-order valence-electron chi connectivity index (χ3n) is 6.80. The summed E-state index contributed by atoms with van der Waals surface area (Å²) < 4.78 is 16.2. The van der Waals surface area contributed by atoms with Crippen molar-refractivity contribution in [2.45, 2.75) is 51.9 Å². The molecular weight excluding hydrogens is 490 g/mol. The fraction of sp³-hybridized carbons (Fsp3) is 0.414. The van der Waals surface area contributed by atoms with Gasteiger partial charge in [0, 0.05) is 33.7 Å². The number of Topliss-reactive ketones (excluding diaryl/α,β-unsaturated/α-hetero) is 1. The number of allylic oxidation sites excluding steroid dienone is 3. The van der Waals surface area contributed by atoms with Crippen LogP contribution in [0.2, 0.25) is 0 Å². The van der Waals surface area contributed by atoms with Gasteiger partial charge in [0.1, 0.15) is 11.7 Å². The van der Waals surface area contributed by atoms with E-state index in [4.69, 9.17) is 14.2 Å². The fourth-order valence-electron chi connectivity index (χ4n) is 5.25. The average molecular weight is 524 g/mol. The van der Waals surface area contributed by atoms with Crippen molar-refractivity contribution in [1.82, 2.24) is 5.32 Å². The molecular formula is C29H33NO6S. The Morgan fingerprint density at radius 2 is 1.78 bits per heavy atom. The normalized spacial score (nSPS) is 21.3. The molecule has 8 heteroatoms. The minimum Gasteiger partial charge on any atom is -0.497 e. The van der Waals surface area contributed by atoms with Crippen LogP contribution in [0.5, 0.6) is 5.75 Å². The Bertz CT molecular complexity index is 1210. The first-order chi connectivity index (χ1) is 17.9. The molecule has 3 atom stereocenters. The number of methoxy groups -OCH3 is 1. The Morgan fingerprint density at radius 3 is 2.38 bits per heavy atom. The van der Waals surface area contributed by atoms with Crippen molar-refractivity contribution >= 4 is 29.1 Å². The lowest BCUT2D eigenvalue weighted by atomic mass is 9.68. The van der Waals surface area contributed by atoms with E-state index in [0.717, 1.165) is 28.3 Å². The summed E-state index contributed by atoms with van der Waals surface area (Å²) in [6.45, 7) is 5.93. The first kappa shape index (κ1) is 26.7. The van der Waals surface area contributed by atoms with Gasteiger partial charge in [-0.2, -0.15) is 0 Å². The quantitative estimate of drug-likeness (QED) is 0.355. The van der Waals surface area contributed by atoms with Crippen LogP contribution in [0.4, 0.5) is 0 Å². The lowest BCUT2D eigenvalue weighted by Crippen LogP contribution is -2.43. The Morgan fingerprint density at radius 1 is 1.05 bits per heavy atom. The molecule has 0 unspecified atom stereocenters. The van der Waals surface area contributed by atoms with E-state index in [1.807, 2.05) is 48.7 Å². The number of carbonyl (C=O) groups is 3. The van der Waals surface area contributed by atoms with Crippen LogP contribution in [0.1, 0.15) is 62.3 Å². The molecule has 7 nitrogen and oxygen atoms in total. The largest absolute Gasteiger partial charge is 0.497 e. The molecule has 2 heterocycles. The topological polar surface area (TPSA) is 90.9 Å². The zero-order chi connectivity index (χ0) is 26.5. The van der Waals surface area contributed by atoms with E-state index in [0.29, 0.717) is 29.7 Å². The number of carbonyl (C=O) groups excluding carboxylic acids is 3. The predicted molar refractivity (Wildman–Crippen MR) is 141 cm³/mol. The van der Waals surface area contributed by atoms with Gasteiger partial charge in [0.15, 0.2) is 5.78 Å². The second-order valence-corrected chi connectivity index (χ2v) is 9.99. The van der Waals surface area contributed by atoms with Crippen molar-refractivity contribution in [3.63, 3.8) is 0 Å². The van der Waals surface area contributed by atoms with Gasteiger partial charge in [-0.15, -0.1) is 11.3 Å². The number of hydrogen-bond acceptors (Lipinski definition) is 8. The van der Waals surface area contributed by atoms with Crippen molar-refractivity contribution < 1.29 is 28.6 Å². The van der Waals surface area contributed by atoms with Gasteiger partial charge in [-0.05, 0) is 55.8 Å². The standard InChI is InChI=1S/C29H33NO6S/c1-5-9-20-26(29(33)36-7-3)23(17-11-13-18(34-4)14-12-17)25-21(30-20)16-19(22-10-8-15-37-22)24(27(25)31)28(32)35-6-2/h8,10-15,19,23-24,30H,5-7,9,16H2,1-4H3/t19-,23+,24+/m1/s1. The Hall–Kier alpha value is -3.39. The van der Waals surface area contributed by atoms with Crippen LogP contribution < -0.4 is 10.1 Å². The molecule has 2 aliphatic rings. The maximum Gasteiger partial charge on any atom is 0.336 e. The number of hydrogen-bond donors (Lipinski definition) is 1. The van der Waals surface area contributed by atoms with Crippen molar-refractivity contribution in [3.8, 4) is 5.75 Å². The van der Waals surface area contributed by atoms with Gasteiger partial charge in [0.2, 0.25) is 0 Å². The number of rotatable bonds is 9. The molecule has 0 saturated carbocycles. The summed E-state index contributed by atoms with van der Waals surface area (Å²) in [5.74, 6) is -2.66. The van der Waals surface area contributed by atoms with Gasteiger partial charge in [-0.25, -0.2) is 4.79 Å². The van der Waals surface area contributed by atoms with Gasteiger partial charge in [0.25, 0.3) is 0 Å². The third kappa shape index (κ3) is 5.21. The SMILES string of the molecule is CCCC1=C(C(=O)OCC)[C@@H](c2ccc(OC)cc2)C2=C(C[C@H](c3cccs3)[C@H](C(=O)OCC)C2=O)N1. The maximum atomic E-state index is 14.3. The summed E-state index contributed by atoms with van der Waals surface area (Å²) in [4.78, 5) is 41.8. The molecule has 1 aromatic carbocycles. The highest BCUT2D eigenvalue weighted by molar-refractivity contribution is 7.10. The lowest BCUT2D eigenvalue weighted by Gasteiger charge is -2.39. The second-order valence-electron chi connectivity index (χ2n) is 9.01. The summed E-state index contributed by atoms with van der Waals surface area (Å²) in [6, 6.07) is 11.2. The van der Waals surface area contributed by atoms with Crippen LogP contribution in [0.3, 0.4) is 0 Å². The van der Waals surface area contributed by atoms with Crippen molar-refractivity contribution in [2.24, 2.45) is 5.92 Å². The third-order valence-corrected chi connectivity index (χ3v) is 7.80. The first-order valence-electron chi connectivity index (χ1n) is 12.7. The van der Waals surface area contributed by atoms with Crippen molar-refractivity contribution in [2.75, 3.05) is 20.3 Å². The molecule has 0 amide bonds. The van der Waals surface area contributed by atoms with Crippen LogP contribution in [-0.2, 0) is 23.9 Å². The minimum absolute atomic E-state index is 0.181. The van der Waals surface area contributed by atoms with E-state index >= 15 is 0 Å². The molecule has 1 aliphatic carbocycles. The van der Waals surface area contributed by atoms with Crippen molar-refractivity contribution in [1.29, 1.82) is 0 Å². The van der Waals surface area contributed by atoms with Crippen LogP contribution in [-0.4, -0.2) is 38.0 Å². The van der Waals surface area contributed by atoms with Gasteiger partial charge < -0.3 is 19.5 Å². The average Bonchev–Trinajstić information content (AvgIpc) is 3.43. The summed E-state index contributed by atoms with van der Waals surface area (Å²) in [7, 11) is 1.59. The zero-order valence-corrected chi connectivity index (χ0v) is 22.5. The van der Waals surface area contributed by atoms with Gasteiger partial charge in [-0.1, -0.05) is 31.5 Å². The number of benzene rings is 1. The Balaban J connectivity index is 1.91. The van der Waals surface area contributed by atoms with Gasteiger partial charge in [0.05, 0.1) is 25.9 Å². The molecule has 196 valence electrons. The minimum atomic E-state index is -0.990. The second kappa shape index (κ2) is 11.8. The monoisotopic (exact) mass is 523 g/mol. The molecule has 0 bridgehead atoms. The van der Waals surface area contributed by atoms with Crippen LogP contribution in [0, 0.1) is 5.92 Å². The number of nitrogens with one attached hydrogen (secondary N) is 1. The van der Waals surface area contributed by atoms with Crippen LogP contribution in [0.15, 0.2) is 64.3 Å². The number of dihydropyridines is 1. The van der Waals surface area contributed by atoms with E-state index in [9.17, 15) is 14.4 Å². The highest BCUT2D eigenvalue weighted by Crippen LogP contribution is 2.49. The number of thiophene rings is 1. The maximum absolute atomic E-state index is 14.3. The molecule has 0 saturated heterocycles. The number of ketones is 1. The number of esters is 2. The van der Waals surface area contributed by atoms with Crippen molar-refractivity contribution in [3.05, 3.63) is 74.8 Å². The predicted octanol–water partition coefficient (Wildman–Crippen LogP) is 5.25. The molecule has 1 aliphatic heterocycles. The van der Waals surface area contributed by atoms with E-state index in [2.05, 4.69) is 5.32 Å². The van der Waals surface area contributed by atoms with Crippen LogP contribution in [0.25, 0.3) is 0 Å². The molecule has 1 N–H and O–H groups in total. The molecule has 0 radical (unpaired) electrons. The van der Waals surface area contributed by atoms with Crippen LogP contribution >= 0.6 is 11.3 Å². The van der Waals surface area contributed by atoms with E-state index < -0.39 is 23.8 Å². The molecule has 1 aromatic heterocycles.